The third-order valence-corrected chi connectivity index (χ3v) is 6.42. The molecular weight excluding hydrogens is 408 g/mol. The summed E-state index contributed by atoms with van der Waals surface area (Å²) in [6, 6.07) is 9.49. The molecule has 2 aromatic rings. The number of nitrogens with zero attached hydrogens (tertiary/aromatic N) is 3. The van der Waals surface area contributed by atoms with Crippen molar-refractivity contribution in [1.82, 2.24) is 20.0 Å². The summed E-state index contributed by atoms with van der Waals surface area (Å²) in [6.45, 7) is 6.16. The quantitative estimate of drug-likeness (QED) is 0.700. The Morgan fingerprint density at radius 3 is 2.56 bits per heavy atom. The van der Waals surface area contributed by atoms with Crippen LogP contribution in [0.2, 0.25) is 0 Å². The van der Waals surface area contributed by atoms with Crippen molar-refractivity contribution in [2.24, 2.45) is 0 Å². The van der Waals surface area contributed by atoms with Gasteiger partial charge in [0.1, 0.15) is 11.2 Å². The second-order valence-corrected chi connectivity index (χ2v) is 8.90. The van der Waals surface area contributed by atoms with Crippen LogP contribution in [0.4, 0.5) is 0 Å². The molecule has 0 spiro atoms. The number of carbonyl (C=O) groups excluding carboxylic acids is 3. The number of carbonyl (C=O) groups is 3. The lowest BCUT2D eigenvalue weighted by Crippen LogP contribution is -2.64. The van der Waals surface area contributed by atoms with E-state index in [2.05, 4.69) is 10.4 Å². The Bertz CT molecular complexity index is 1020. The monoisotopic (exact) mass is 438 g/mol. The van der Waals surface area contributed by atoms with Gasteiger partial charge < -0.3 is 15.0 Å². The molecule has 1 N–H and O–H groups in total. The molecule has 8 heteroatoms. The molecule has 1 saturated carbocycles. The molecule has 0 saturated heterocycles. The van der Waals surface area contributed by atoms with Gasteiger partial charge in [-0.25, -0.2) is 4.79 Å². The molecule has 1 aromatic carbocycles. The van der Waals surface area contributed by atoms with Crippen LogP contribution in [0.15, 0.2) is 30.3 Å². The molecule has 0 bridgehead atoms. The van der Waals surface area contributed by atoms with Crippen LogP contribution >= 0.6 is 0 Å². The molecule has 1 atom stereocenters. The van der Waals surface area contributed by atoms with E-state index in [1.165, 1.54) is 10.7 Å². The van der Waals surface area contributed by atoms with Crippen molar-refractivity contribution in [3.63, 3.8) is 0 Å². The summed E-state index contributed by atoms with van der Waals surface area (Å²) in [7, 11) is 0. The Morgan fingerprint density at radius 2 is 1.91 bits per heavy atom. The summed E-state index contributed by atoms with van der Waals surface area (Å²) >= 11 is 0. The molecule has 0 radical (unpaired) electrons. The minimum atomic E-state index is -1.14. The Kier molecular flexibility index (Phi) is 6.04. The number of aryl methyl sites for hydroxylation is 1. The number of amides is 2. The lowest BCUT2D eigenvalue weighted by molar-refractivity contribution is -0.134. The van der Waals surface area contributed by atoms with Gasteiger partial charge in [-0.3, -0.25) is 14.3 Å². The SMILES string of the molecule is CCOC(=O)c1cc2n(n1)C[C@@](C)(C(=O)NC1CCCC1)N(Cc1ccc(C)cc1)C2=O. The van der Waals surface area contributed by atoms with E-state index in [-0.39, 0.29) is 48.9 Å². The standard InChI is InChI=1S/C24H30N4O4/c1-4-32-22(30)19-13-20-21(29)27(14-17-11-9-16(2)10-12-17)24(3,15-28(20)26-19)23(31)25-18-7-5-6-8-18/h9-13,18H,4-8,14-15H2,1-3H3,(H,25,31)/t24-/m0/s1. The molecule has 170 valence electrons. The number of rotatable bonds is 6. The lowest BCUT2D eigenvalue weighted by Gasteiger charge is -2.43. The van der Waals surface area contributed by atoms with E-state index >= 15 is 0 Å². The van der Waals surface area contributed by atoms with Crippen LogP contribution in [0.5, 0.6) is 0 Å². The largest absolute Gasteiger partial charge is 0.461 e. The van der Waals surface area contributed by atoms with E-state index in [0.29, 0.717) is 0 Å². The molecule has 1 aromatic heterocycles. The zero-order valence-corrected chi connectivity index (χ0v) is 18.9. The van der Waals surface area contributed by atoms with Gasteiger partial charge in [-0.1, -0.05) is 42.7 Å². The third-order valence-electron chi connectivity index (χ3n) is 6.42. The number of ether oxygens (including phenoxy) is 1. The van der Waals surface area contributed by atoms with Gasteiger partial charge in [0, 0.05) is 18.7 Å². The van der Waals surface area contributed by atoms with Gasteiger partial charge in [0.2, 0.25) is 5.91 Å². The predicted octanol–water partition coefficient (Wildman–Crippen LogP) is 2.84. The van der Waals surface area contributed by atoms with E-state index in [9.17, 15) is 14.4 Å². The summed E-state index contributed by atoms with van der Waals surface area (Å²) in [6.07, 6.45) is 4.10. The van der Waals surface area contributed by atoms with Crippen LogP contribution in [-0.4, -0.2) is 50.7 Å². The average Bonchev–Trinajstić information content (AvgIpc) is 3.42. The number of aromatic nitrogens is 2. The van der Waals surface area contributed by atoms with Gasteiger partial charge in [0.05, 0.1) is 13.2 Å². The van der Waals surface area contributed by atoms with Gasteiger partial charge in [0.15, 0.2) is 5.69 Å². The molecular formula is C24H30N4O4. The van der Waals surface area contributed by atoms with Gasteiger partial charge in [-0.2, -0.15) is 5.10 Å². The van der Waals surface area contributed by atoms with Crippen LogP contribution in [0, 0.1) is 6.92 Å². The highest BCUT2D eigenvalue weighted by atomic mass is 16.5. The average molecular weight is 439 g/mol. The second-order valence-electron chi connectivity index (χ2n) is 8.90. The Morgan fingerprint density at radius 1 is 1.22 bits per heavy atom. The number of nitrogens with one attached hydrogen (secondary N) is 1. The molecule has 2 heterocycles. The minimum Gasteiger partial charge on any atom is -0.461 e. The molecule has 4 rings (SSSR count). The highest BCUT2D eigenvalue weighted by molar-refractivity contribution is 6.01. The van der Waals surface area contributed by atoms with Crippen LogP contribution in [0.25, 0.3) is 0 Å². The Labute approximate surface area is 187 Å². The van der Waals surface area contributed by atoms with Crippen molar-refractivity contribution in [3.05, 3.63) is 52.8 Å². The van der Waals surface area contributed by atoms with E-state index in [1.54, 1.807) is 18.7 Å². The van der Waals surface area contributed by atoms with E-state index in [4.69, 9.17) is 4.74 Å². The Balaban J connectivity index is 1.69. The van der Waals surface area contributed by atoms with Crippen LogP contribution < -0.4 is 5.32 Å². The smallest absolute Gasteiger partial charge is 0.358 e. The van der Waals surface area contributed by atoms with Gasteiger partial charge >= 0.3 is 5.97 Å². The number of fused-ring (bicyclic) bond motifs is 1. The molecule has 2 amide bonds. The van der Waals surface area contributed by atoms with E-state index in [1.807, 2.05) is 31.2 Å². The molecule has 1 aliphatic heterocycles. The highest BCUT2D eigenvalue weighted by Crippen LogP contribution is 2.30. The number of benzene rings is 1. The third kappa shape index (κ3) is 4.13. The van der Waals surface area contributed by atoms with Crippen LogP contribution in [0.1, 0.15) is 71.6 Å². The van der Waals surface area contributed by atoms with Crippen LogP contribution in [0.3, 0.4) is 0 Å². The first-order valence-electron chi connectivity index (χ1n) is 11.3. The molecule has 8 nitrogen and oxygen atoms in total. The zero-order chi connectivity index (χ0) is 22.9. The zero-order valence-electron chi connectivity index (χ0n) is 18.9. The first-order chi connectivity index (χ1) is 15.3. The molecule has 1 aliphatic carbocycles. The van der Waals surface area contributed by atoms with Crippen LogP contribution in [-0.2, 0) is 22.6 Å². The van der Waals surface area contributed by atoms with Crippen molar-refractivity contribution in [3.8, 4) is 0 Å². The van der Waals surface area contributed by atoms with E-state index in [0.717, 1.165) is 36.8 Å². The molecule has 2 aliphatic rings. The maximum absolute atomic E-state index is 13.6. The Hall–Kier alpha value is -3.16. The van der Waals surface area contributed by atoms with Gasteiger partial charge in [-0.15, -0.1) is 0 Å². The van der Waals surface area contributed by atoms with Gasteiger partial charge in [-0.05, 0) is 39.2 Å². The molecule has 0 unspecified atom stereocenters. The van der Waals surface area contributed by atoms with Crippen molar-refractivity contribution in [2.45, 2.75) is 71.1 Å². The lowest BCUT2D eigenvalue weighted by atomic mass is 9.93. The predicted molar refractivity (Wildman–Crippen MR) is 118 cm³/mol. The fourth-order valence-corrected chi connectivity index (χ4v) is 4.48. The van der Waals surface area contributed by atoms with E-state index < -0.39 is 11.5 Å². The maximum Gasteiger partial charge on any atom is 0.358 e. The maximum atomic E-state index is 13.6. The second kappa shape index (κ2) is 8.76. The first kappa shape index (κ1) is 22.0. The summed E-state index contributed by atoms with van der Waals surface area (Å²) in [4.78, 5) is 40.9. The summed E-state index contributed by atoms with van der Waals surface area (Å²) < 4.78 is 6.51. The summed E-state index contributed by atoms with van der Waals surface area (Å²) in [5.74, 6) is -1.10. The fraction of sp³-hybridized carbons (Fsp3) is 0.500. The summed E-state index contributed by atoms with van der Waals surface area (Å²) in [5, 5.41) is 7.45. The fourth-order valence-electron chi connectivity index (χ4n) is 4.48. The molecule has 32 heavy (non-hydrogen) atoms. The van der Waals surface area contributed by atoms with Gasteiger partial charge in [0.25, 0.3) is 5.91 Å². The minimum absolute atomic E-state index is 0.0749. The molecule has 1 fully saturated rings. The summed E-state index contributed by atoms with van der Waals surface area (Å²) in [5.41, 5.74) is 1.27. The normalized spacial score (nSPS) is 20.8. The topological polar surface area (TPSA) is 93.5 Å². The van der Waals surface area contributed by atoms with Crippen molar-refractivity contribution < 1.29 is 19.1 Å². The first-order valence-corrected chi connectivity index (χ1v) is 11.3. The number of esters is 1. The number of hydrogen-bond donors (Lipinski definition) is 1. The van der Waals surface area contributed by atoms with Crippen molar-refractivity contribution in [2.75, 3.05) is 6.61 Å². The number of hydrogen-bond acceptors (Lipinski definition) is 5. The highest BCUT2D eigenvalue weighted by Gasteiger charge is 2.48. The van der Waals surface area contributed by atoms with Crippen molar-refractivity contribution >= 4 is 17.8 Å². The van der Waals surface area contributed by atoms with Crippen molar-refractivity contribution in [1.29, 1.82) is 0 Å².